The zero-order valence-electron chi connectivity index (χ0n) is 30.7. The van der Waals surface area contributed by atoms with Crippen molar-refractivity contribution in [1.82, 2.24) is 25.1 Å². The lowest BCUT2D eigenvalue weighted by molar-refractivity contribution is -0.132. The van der Waals surface area contributed by atoms with Gasteiger partial charge >= 0.3 is 0 Å². The van der Waals surface area contributed by atoms with Gasteiger partial charge in [-0.3, -0.25) is 38.5 Å². The Balaban J connectivity index is 0.989. The highest BCUT2D eigenvalue weighted by Crippen LogP contribution is 2.36. The molecule has 16 heteroatoms. The molecule has 0 saturated heterocycles. The SMILES string of the molecule is COc1cc(-c2cn(C)c(=O)c(C)n2)cc(OC)c1CCCC(=O)NCCOCCNC(=O)COc1cccc2c1C(=O)N(C1CCC(=O)CC1=O)C2=O. The molecule has 2 heterocycles. The van der Waals surface area contributed by atoms with Gasteiger partial charge in [0.15, 0.2) is 12.4 Å². The van der Waals surface area contributed by atoms with Crippen molar-refractivity contribution in [2.45, 2.75) is 51.5 Å². The Bertz CT molecular complexity index is 1970. The molecule has 2 aromatic carbocycles. The molecular weight excluding hydrogens is 702 g/mol. The van der Waals surface area contributed by atoms with Crippen LogP contribution in [0.4, 0.5) is 0 Å². The van der Waals surface area contributed by atoms with Crippen LogP contribution in [0.25, 0.3) is 11.3 Å². The van der Waals surface area contributed by atoms with E-state index >= 15 is 0 Å². The Morgan fingerprint density at radius 2 is 1.61 bits per heavy atom. The third-order valence-electron chi connectivity index (χ3n) is 9.12. The zero-order valence-corrected chi connectivity index (χ0v) is 30.7. The minimum Gasteiger partial charge on any atom is -0.496 e. The van der Waals surface area contributed by atoms with Crippen LogP contribution in [0.15, 0.2) is 41.3 Å². The maximum atomic E-state index is 13.2. The third kappa shape index (κ3) is 9.00. The Morgan fingerprint density at radius 3 is 2.26 bits per heavy atom. The van der Waals surface area contributed by atoms with Gasteiger partial charge in [-0.05, 0) is 50.5 Å². The van der Waals surface area contributed by atoms with Gasteiger partial charge < -0.3 is 34.1 Å². The summed E-state index contributed by atoms with van der Waals surface area (Å²) in [6.07, 6.45) is 2.83. The number of nitrogens with one attached hydrogen (secondary N) is 2. The summed E-state index contributed by atoms with van der Waals surface area (Å²) in [7, 11) is 4.78. The van der Waals surface area contributed by atoms with Crippen molar-refractivity contribution in [1.29, 1.82) is 0 Å². The van der Waals surface area contributed by atoms with E-state index in [2.05, 4.69) is 15.6 Å². The average Bonchev–Trinajstić information content (AvgIpc) is 3.41. The number of nitrogens with zero attached hydrogens (tertiary/aromatic N) is 3. The summed E-state index contributed by atoms with van der Waals surface area (Å²) in [5.41, 5.74) is 2.39. The Hall–Kier alpha value is -5.90. The van der Waals surface area contributed by atoms with E-state index in [4.69, 9.17) is 18.9 Å². The fourth-order valence-corrected chi connectivity index (χ4v) is 6.42. The van der Waals surface area contributed by atoms with Crippen LogP contribution in [0.1, 0.15) is 64.1 Å². The molecule has 2 aliphatic rings. The highest BCUT2D eigenvalue weighted by Gasteiger charge is 2.45. The number of aromatic nitrogens is 2. The number of aryl methyl sites for hydroxylation is 2. The highest BCUT2D eigenvalue weighted by molar-refractivity contribution is 6.24. The number of carbonyl (C=O) groups is 6. The number of amides is 4. The lowest BCUT2D eigenvalue weighted by Crippen LogP contribution is -2.47. The second-order valence-corrected chi connectivity index (χ2v) is 12.8. The van der Waals surface area contributed by atoms with E-state index in [1.165, 1.54) is 22.8 Å². The number of benzene rings is 2. The summed E-state index contributed by atoms with van der Waals surface area (Å²) in [6, 6.07) is 7.09. The van der Waals surface area contributed by atoms with Gasteiger partial charge in [0.25, 0.3) is 23.3 Å². The molecule has 1 aliphatic heterocycles. The molecule has 16 nitrogen and oxygen atoms in total. The molecule has 5 rings (SSSR count). The molecule has 0 radical (unpaired) electrons. The van der Waals surface area contributed by atoms with Crippen molar-refractivity contribution in [3.05, 3.63) is 69.3 Å². The average molecular weight is 746 g/mol. The predicted octanol–water partition coefficient (Wildman–Crippen LogP) is 1.71. The van der Waals surface area contributed by atoms with Crippen molar-refractivity contribution < 1.29 is 47.7 Å². The van der Waals surface area contributed by atoms with Gasteiger partial charge in [-0.25, -0.2) is 4.98 Å². The van der Waals surface area contributed by atoms with Crippen LogP contribution in [0, 0.1) is 6.92 Å². The quantitative estimate of drug-likeness (QED) is 0.115. The number of rotatable bonds is 17. The summed E-state index contributed by atoms with van der Waals surface area (Å²) < 4.78 is 23.8. The molecule has 1 atom stereocenters. The number of methoxy groups -OCH3 is 2. The number of carbonyl (C=O) groups excluding carboxylic acids is 6. The maximum absolute atomic E-state index is 13.2. The summed E-state index contributed by atoms with van der Waals surface area (Å²) in [4.78, 5) is 92.5. The highest BCUT2D eigenvalue weighted by atomic mass is 16.5. The predicted molar refractivity (Wildman–Crippen MR) is 193 cm³/mol. The third-order valence-corrected chi connectivity index (χ3v) is 9.12. The molecule has 1 saturated carbocycles. The smallest absolute Gasteiger partial charge is 0.271 e. The van der Waals surface area contributed by atoms with E-state index in [0.29, 0.717) is 35.7 Å². The molecular formula is C38H43N5O11. The first kappa shape index (κ1) is 39.3. The maximum Gasteiger partial charge on any atom is 0.271 e. The molecule has 4 amide bonds. The minimum atomic E-state index is -1.01. The molecule has 0 spiro atoms. The first-order valence-corrected chi connectivity index (χ1v) is 17.5. The first-order valence-electron chi connectivity index (χ1n) is 17.5. The van der Waals surface area contributed by atoms with E-state index in [-0.39, 0.29) is 86.1 Å². The summed E-state index contributed by atoms with van der Waals surface area (Å²) >= 11 is 0. The normalized spacial score (nSPS) is 15.3. The Labute approximate surface area is 311 Å². The van der Waals surface area contributed by atoms with Crippen molar-refractivity contribution in [2.24, 2.45) is 7.05 Å². The van der Waals surface area contributed by atoms with Gasteiger partial charge in [-0.15, -0.1) is 0 Å². The number of hydrogen-bond donors (Lipinski definition) is 2. The second kappa shape index (κ2) is 17.7. The molecule has 0 bridgehead atoms. The molecule has 1 aromatic heterocycles. The van der Waals surface area contributed by atoms with Crippen LogP contribution in [-0.2, 0) is 37.4 Å². The van der Waals surface area contributed by atoms with Gasteiger partial charge in [-0.2, -0.15) is 0 Å². The lowest BCUT2D eigenvalue weighted by Gasteiger charge is -2.27. The van der Waals surface area contributed by atoms with Crippen LogP contribution >= 0.6 is 0 Å². The zero-order chi connectivity index (χ0) is 38.9. The molecule has 3 aromatic rings. The standard InChI is InChI=1S/C38H43N5O11/c1-22-36(48)42(2)20-27(41-22)23-17-31(51-3)25(32(18-23)52-4)7-6-10-33(46)39-13-15-53-16-14-40-34(47)21-54-30-9-5-8-26-35(30)38(50)43(37(26)49)28-12-11-24(44)19-29(28)45/h5,8-9,17-18,20,28H,6-7,10-16,19,21H2,1-4H3,(H,39,46)(H,40,47). The van der Waals surface area contributed by atoms with E-state index in [0.717, 1.165) is 16.0 Å². The molecule has 2 N–H and O–H groups in total. The molecule has 54 heavy (non-hydrogen) atoms. The number of hydrogen-bond acceptors (Lipinski definition) is 12. The number of ketones is 2. The number of Topliss-reactive ketones (excluding diaryl/α,β-unsaturated/α-hetero) is 2. The Kier molecular flexibility index (Phi) is 12.9. The number of imide groups is 1. The summed E-state index contributed by atoms with van der Waals surface area (Å²) in [6.45, 7) is 2.06. The minimum absolute atomic E-state index is 0.0223. The van der Waals surface area contributed by atoms with E-state index in [1.807, 2.05) is 12.1 Å². The van der Waals surface area contributed by atoms with Crippen LogP contribution in [0.2, 0.25) is 0 Å². The van der Waals surface area contributed by atoms with Gasteiger partial charge in [0, 0.05) is 50.3 Å². The van der Waals surface area contributed by atoms with E-state index in [9.17, 15) is 33.6 Å². The lowest BCUT2D eigenvalue weighted by atomic mass is 9.92. The monoisotopic (exact) mass is 745 g/mol. The number of fused-ring (bicyclic) bond motifs is 1. The van der Waals surface area contributed by atoms with E-state index in [1.54, 1.807) is 34.4 Å². The van der Waals surface area contributed by atoms with Crippen molar-refractivity contribution in [2.75, 3.05) is 47.1 Å². The summed E-state index contributed by atoms with van der Waals surface area (Å²) in [5, 5.41) is 5.45. The van der Waals surface area contributed by atoms with Crippen LogP contribution in [-0.4, -0.2) is 103 Å². The fourth-order valence-electron chi connectivity index (χ4n) is 6.42. The van der Waals surface area contributed by atoms with Crippen molar-refractivity contribution >= 4 is 35.2 Å². The van der Waals surface area contributed by atoms with Gasteiger partial charge in [0.1, 0.15) is 28.7 Å². The van der Waals surface area contributed by atoms with Crippen molar-refractivity contribution in [3.8, 4) is 28.5 Å². The second-order valence-electron chi connectivity index (χ2n) is 12.8. The summed E-state index contributed by atoms with van der Waals surface area (Å²) in [5.74, 6) is -1.46. The molecule has 1 unspecified atom stereocenters. The van der Waals surface area contributed by atoms with Crippen molar-refractivity contribution in [3.63, 3.8) is 0 Å². The largest absolute Gasteiger partial charge is 0.496 e. The molecule has 1 aliphatic carbocycles. The van der Waals surface area contributed by atoms with Crippen LogP contribution in [0.5, 0.6) is 17.2 Å². The fraction of sp³-hybridized carbons (Fsp3) is 0.421. The topological polar surface area (TPSA) is 202 Å². The van der Waals surface area contributed by atoms with Gasteiger partial charge in [-0.1, -0.05) is 6.07 Å². The van der Waals surface area contributed by atoms with Crippen LogP contribution < -0.4 is 30.4 Å². The Morgan fingerprint density at radius 1 is 0.926 bits per heavy atom. The first-order chi connectivity index (χ1) is 25.9. The molecule has 286 valence electrons. The van der Waals surface area contributed by atoms with Gasteiger partial charge in [0.2, 0.25) is 5.91 Å². The van der Waals surface area contributed by atoms with Crippen LogP contribution in [0.3, 0.4) is 0 Å². The van der Waals surface area contributed by atoms with Gasteiger partial charge in [0.05, 0.1) is 56.7 Å². The molecule has 1 fully saturated rings. The van der Waals surface area contributed by atoms with E-state index < -0.39 is 36.2 Å². The number of ether oxygens (including phenoxy) is 4.